The van der Waals surface area contributed by atoms with Gasteiger partial charge in [0.2, 0.25) is 0 Å². The second-order valence-corrected chi connectivity index (χ2v) is 2.86. The second-order valence-electron chi connectivity index (χ2n) is 2.86. The average molecular weight is 177 g/mol. The van der Waals surface area contributed by atoms with E-state index in [1.165, 1.54) is 6.07 Å². The van der Waals surface area contributed by atoms with E-state index in [1.54, 1.807) is 18.2 Å². The lowest BCUT2D eigenvalue weighted by molar-refractivity contribution is 0.581. The maximum Gasteiger partial charge on any atom is 0.126 e. The predicted octanol–water partition coefficient (Wildman–Crippen LogP) is 1.89. The molecule has 1 unspecified atom stereocenters. The maximum atomic E-state index is 13.2. The summed E-state index contributed by atoms with van der Waals surface area (Å²) in [7, 11) is 0. The van der Waals surface area contributed by atoms with Crippen molar-refractivity contribution in [1.82, 2.24) is 0 Å². The van der Waals surface area contributed by atoms with Crippen LogP contribution < -0.4 is 5.73 Å². The molecule has 1 rings (SSSR count). The molecule has 1 aromatic carbocycles. The van der Waals surface area contributed by atoms with Gasteiger partial charge in [-0.3, -0.25) is 0 Å². The molecule has 0 bridgehead atoms. The van der Waals surface area contributed by atoms with E-state index in [4.69, 9.17) is 12.2 Å². The fourth-order valence-electron chi connectivity index (χ4n) is 1.27. The zero-order valence-electron chi connectivity index (χ0n) is 7.33. The van der Waals surface area contributed by atoms with Gasteiger partial charge in [-0.1, -0.05) is 18.2 Å². The van der Waals surface area contributed by atoms with Gasteiger partial charge < -0.3 is 5.73 Å². The SMILES string of the molecule is C#CCC(CN)c1ccccc1F. The third kappa shape index (κ3) is 2.30. The van der Waals surface area contributed by atoms with Crippen molar-refractivity contribution in [3.05, 3.63) is 35.6 Å². The molecule has 0 fully saturated rings. The van der Waals surface area contributed by atoms with E-state index in [9.17, 15) is 4.39 Å². The molecule has 0 amide bonds. The summed E-state index contributed by atoms with van der Waals surface area (Å²) in [6, 6.07) is 6.60. The van der Waals surface area contributed by atoms with Crippen LogP contribution in [0.4, 0.5) is 4.39 Å². The summed E-state index contributed by atoms with van der Waals surface area (Å²) in [5.41, 5.74) is 6.11. The van der Waals surface area contributed by atoms with Crippen molar-refractivity contribution < 1.29 is 4.39 Å². The van der Waals surface area contributed by atoms with Crippen LogP contribution in [0.2, 0.25) is 0 Å². The summed E-state index contributed by atoms with van der Waals surface area (Å²) in [4.78, 5) is 0. The first-order chi connectivity index (χ1) is 6.29. The number of hydrogen-bond acceptors (Lipinski definition) is 1. The monoisotopic (exact) mass is 177 g/mol. The van der Waals surface area contributed by atoms with E-state index < -0.39 is 0 Å². The lowest BCUT2D eigenvalue weighted by Crippen LogP contribution is -2.13. The zero-order valence-corrected chi connectivity index (χ0v) is 7.33. The Balaban J connectivity index is 2.92. The van der Waals surface area contributed by atoms with E-state index in [0.29, 0.717) is 18.5 Å². The minimum Gasteiger partial charge on any atom is -0.330 e. The molecule has 2 N–H and O–H groups in total. The first kappa shape index (κ1) is 9.76. The molecule has 2 heteroatoms. The zero-order chi connectivity index (χ0) is 9.68. The predicted molar refractivity (Wildman–Crippen MR) is 51.6 cm³/mol. The number of hydrogen-bond donors (Lipinski definition) is 1. The van der Waals surface area contributed by atoms with Gasteiger partial charge in [-0.05, 0) is 11.6 Å². The van der Waals surface area contributed by atoms with Crippen LogP contribution in [0, 0.1) is 18.2 Å². The third-order valence-electron chi connectivity index (χ3n) is 1.99. The lowest BCUT2D eigenvalue weighted by Gasteiger charge is -2.12. The van der Waals surface area contributed by atoms with E-state index >= 15 is 0 Å². The Morgan fingerprint density at radius 1 is 1.46 bits per heavy atom. The Labute approximate surface area is 77.8 Å². The van der Waals surface area contributed by atoms with Gasteiger partial charge in [-0.15, -0.1) is 12.3 Å². The van der Waals surface area contributed by atoms with Crippen LogP contribution in [0.3, 0.4) is 0 Å². The molecule has 68 valence electrons. The van der Waals surface area contributed by atoms with E-state index in [-0.39, 0.29) is 11.7 Å². The Morgan fingerprint density at radius 3 is 2.69 bits per heavy atom. The van der Waals surface area contributed by atoms with Crippen LogP contribution in [-0.2, 0) is 0 Å². The summed E-state index contributed by atoms with van der Waals surface area (Å²) in [6.45, 7) is 0.380. The molecule has 0 aliphatic rings. The molecule has 0 heterocycles. The van der Waals surface area contributed by atoms with Crippen LogP contribution in [0.15, 0.2) is 24.3 Å². The van der Waals surface area contributed by atoms with Gasteiger partial charge in [0.25, 0.3) is 0 Å². The van der Waals surface area contributed by atoms with Crippen LogP contribution in [0.25, 0.3) is 0 Å². The normalized spacial score (nSPS) is 12.1. The van der Waals surface area contributed by atoms with Gasteiger partial charge in [0.1, 0.15) is 5.82 Å². The molecule has 0 spiro atoms. The minimum absolute atomic E-state index is 0.0637. The van der Waals surface area contributed by atoms with Gasteiger partial charge >= 0.3 is 0 Å². The molecule has 0 aromatic heterocycles. The fraction of sp³-hybridized carbons (Fsp3) is 0.273. The summed E-state index contributed by atoms with van der Waals surface area (Å²) in [6.07, 6.45) is 5.65. The highest BCUT2D eigenvalue weighted by molar-refractivity contribution is 5.23. The van der Waals surface area contributed by atoms with Crippen molar-refractivity contribution in [2.75, 3.05) is 6.54 Å². The number of nitrogens with two attached hydrogens (primary N) is 1. The highest BCUT2D eigenvalue weighted by atomic mass is 19.1. The van der Waals surface area contributed by atoms with E-state index in [0.717, 1.165) is 0 Å². The molecule has 0 aliphatic carbocycles. The molecular weight excluding hydrogens is 165 g/mol. The molecular formula is C11H12FN. The topological polar surface area (TPSA) is 26.0 Å². The molecule has 1 nitrogen and oxygen atoms in total. The minimum atomic E-state index is -0.229. The number of halogens is 1. The largest absolute Gasteiger partial charge is 0.330 e. The lowest BCUT2D eigenvalue weighted by atomic mass is 9.96. The molecule has 1 atom stereocenters. The van der Waals surface area contributed by atoms with Gasteiger partial charge in [0.15, 0.2) is 0 Å². The Bertz CT molecular complexity index is 314. The number of terminal acetylenes is 1. The molecule has 1 aromatic rings. The van der Waals surface area contributed by atoms with Gasteiger partial charge in [-0.25, -0.2) is 4.39 Å². The second kappa shape index (κ2) is 4.64. The van der Waals surface area contributed by atoms with Crippen molar-refractivity contribution in [2.45, 2.75) is 12.3 Å². The fourth-order valence-corrected chi connectivity index (χ4v) is 1.27. The van der Waals surface area contributed by atoms with Crippen LogP contribution in [-0.4, -0.2) is 6.54 Å². The first-order valence-electron chi connectivity index (χ1n) is 4.17. The first-order valence-corrected chi connectivity index (χ1v) is 4.17. The van der Waals surface area contributed by atoms with Crippen molar-refractivity contribution in [2.24, 2.45) is 5.73 Å². The summed E-state index contributed by atoms with van der Waals surface area (Å²) < 4.78 is 13.2. The summed E-state index contributed by atoms with van der Waals surface area (Å²) >= 11 is 0. The number of rotatable bonds is 3. The maximum absolute atomic E-state index is 13.2. The van der Waals surface area contributed by atoms with Crippen molar-refractivity contribution >= 4 is 0 Å². The van der Waals surface area contributed by atoms with Crippen molar-refractivity contribution in [3.63, 3.8) is 0 Å². The van der Waals surface area contributed by atoms with Crippen LogP contribution >= 0.6 is 0 Å². The van der Waals surface area contributed by atoms with Crippen LogP contribution in [0.5, 0.6) is 0 Å². The Hall–Kier alpha value is -1.33. The van der Waals surface area contributed by atoms with Gasteiger partial charge in [0.05, 0.1) is 0 Å². The molecule has 0 saturated carbocycles. The Kier molecular flexibility index (Phi) is 3.48. The van der Waals surface area contributed by atoms with Crippen molar-refractivity contribution in [3.8, 4) is 12.3 Å². The summed E-state index contributed by atoms with van der Waals surface area (Å²) in [5.74, 6) is 2.21. The highest BCUT2D eigenvalue weighted by Gasteiger charge is 2.11. The van der Waals surface area contributed by atoms with E-state index in [2.05, 4.69) is 5.92 Å². The third-order valence-corrected chi connectivity index (χ3v) is 1.99. The highest BCUT2D eigenvalue weighted by Crippen LogP contribution is 2.20. The van der Waals surface area contributed by atoms with Gasteiger partial charge in [0, 0.05) is 18.9 Å². The molecule has 13 heavy (non-hydrogen) atoms. The van der Waals surface area contributed by atoms with E-state index in [1.807, 2.05) is 0 Å². The van der Waals surface area contributed by atoms with Crippen molar-refractivity contribution in [1.29, 1.82) is 0 Å². The summed E-state index contributed by atoms with van der Waals surface area (Å²) in [5, 5.41) is 0. The molecule has 0 saturated heterocycles. The van der Waals surface area contributed by atoms with Gasteiger partial charge in [-0.2, -0.15) is 0 Å². The molecule has 0 aliphatic heterocycles. The quantitative estimate of drug-likeness (QED) is 0.701. The molecule has 0 radical (unpaired) electrons. The smallest absolute Gasteiger partial charge is 0.126 e. The Morgan fingerprint density at radius 2 is 2.15 bits per heavy atom. The average Bonchev–Trinajstić information content (AvgIpc) is 2.16. The number of benzene rings is 1. The van der Waals surface area contributed by atoms with Crippen LogP contribution in [0.1, 0.15) is 17.9 Å². The standard InChI is InChI=1S/C11H12FN/c1-2-5-9(8-13)10-6-3-4-7-11(10)12/h1,3-4,6-7,9H,5,8,13H2.